The molecule has 0 radical (unpaired) electrons. The van der Waals surface area contributed by atoms with Gasteiger partial charge >= 0.3 is 0 Å². The van der Waals surface area contributed by atoms with Crippen LogP contribution < -0.4 is 5.73 Å². The Morgan fingerprint density at radius 3 is 3.10 bits per heavy atom. The molecule has 0 amide bonds. The number of nitrogens with two attached hydrogens (primary N) is 1. The van der Waals surface area contributed by atoms with Crippen molar-refractivity contribution in [2.45, 2.75) is 26.0 Å². The van der Waals surface area contributed by atoms with Gasteiger partial charge in [0.15, 0.2) is 5.82 Å². The molecule has 6 nitrogen and oxygen atoms in total. The van der Waals surface area contributed by atoms with E-state index in [1.54, 1.807) is 22.9 Å². The summed E-state index contributed by atoms with van der Waals surface area (Å²) in [5.41, 5.74) is 7.20. The number of nitrogen functional groups attached to an aromatic ring is 1. The zero-order chi connectivity index (χ0) is 14.1. The number of hydrogen-bond donors (Lipinski definition) is 1. The van der Waals surface area contributed by atoms with E-state index in [9.17, 15) is 0 Å². The molecule has 1 fully saturated rings. The molecule has 20 heavy (non-hydrogen) atoms. The minimum Gasteiger partial charge on any atom is -0.399 e. The number of ether oxygens (including phenoxy) is 1. The van der Waals surface area contributed by atoms with Crippen molar-refractivity contribution in [1.82, 2.24) is 20.2 Å². The Morgan fingerprint density at radius 2 is 2.35 bits per heavy atom. The number of tetrazole rings is 1. The predicted octanol–water partition coefficient (Wildman–Crippen LogP) is 2.00. The smallest absolute Gasteiger partial charge is 0.183 e. The molecule has 106 valence electrons. The maximum Gasteiger partial charge on any atom is 0.183 e. The summed E-state index contributed by atoms with van der Waals surface area (Å²) in [6.07, 6.45) is 1.24. The predicted molar refractivity (Wildman–Crippen MR) is 76.2 cm³/mol. The van der Waals surface area contributed by atoms with Crippen LogP contribution in [-0.4, -0.2) is 32.9 Å². The second kappa shape index (κ2) is 5.38. The van der Waals surface area contributed by atoms with Crippen molar-refractivity contribution in [2.75, 3.05) is 12.3 Å². The van der Waals surface area contributed by atoms with Crippen LogP contribution in [0.1, 0.15) is 13.3 Å². The van der Waals surface area contributed by atoms with Crippen molar-refractivity contribution in [1.29, 1.82) is 0 Å². The molecule has 1 aromatic carbocycles. The first-order valence-electron chi connectivity index (χ1n) is 6.58. The third kappa shape index (κ3) is 2.48. The Labute approximate surface area is 121 Å². The highest BCUT2D eigenvalue weighted by Crippen LogP contribution is 2.29. The zero-order valence-corrected chi connectivity index (χ0v) is 11.9. The van der Waals surface area contributed by atoms with E-state index in [1.165, 1.54) is 0 Å². The van der Waals surface area contributed by atoms with Gasteiger partial charge < -0.3 is 10.5 Å². The van der Waals surface area contributed by atoms with Crippen molar-refractivity contribution in [3.8, 4) is 11.4 Å². The van der Waals surface area contributed by atoms with E-state index < -0.39 is 0 Å². The normalized spacial score (nSPS) is 22.3. The molecular weight excluding hydrogens is 278 g/mol. The van der Waals surface area contributed by atoms with Gasteiger partial charge in [-0.1, -0.05) is 11.6 Å². The Hall–Kier alpha value is -1.66. The van der Waals surface area contributed by atoms with Crippen molar-refractivity contribution >= 4 is 17.3 Å². The number of aromatic nitrogens is 4. The van der Waals surface area contributed by atoms with Crippen LogP contribution in [0.2, 0.25) is 5.02 Å². The van der Waals surface area contributed by atoms with E-state index in [-0.39, 0.29) is 6.10 Å². The fourth-order valence-electron chi connectivity index (χ4n) is 2.47. The Balaban J connectivity index is 1.91. The van der Waals surface area contributed by atoms with E-state index >= 15 is 0 Å². The van der Waals surface area contributed by atoms with E-state index in [0.29, 0.717) is 29.0 Å². The van der Waals surface area contributed by atoms with Crippen LogP contribution in [0.3, 0.4) is 0 Å². The van der Waals surface area contributed by atoms with Crippen LogP contribution in [0, 0.1) is 5.92 Å². The highest BCUT2D eigenvalue weighted by Gasteiger charge is 2.26. The molecule has 2 atom stereocenters. The van der Waals surface area contributed by atoms with Gasteiger partial charge in [-0.25, -0.2) is 4.68 Å². The molecule has 1 aliphatic rings. The lowest BCUT2D eigenvalue weighted by Crippen LogP contribution is -2.19. The van der Waals surface area contributed by atoms with Gasteiger partial charge in [0.05, 0.1) is 17.7 Å². The minimum atomic E-state index is 0.225. The molecule has 3 rings (SSSR count). The van der Waals surface area contributed by atoms with Crippen LogP contribution in [0.5, 0.6) is 0 Å². The summed E-state index contributed by atoms with van der Waals surface area (Å²) < 4.78 is 7.35. The number of benzene rings is 1. The van der Waals surface area contributed by atoms with Gasteiger partial charge in [-0.15, -0.1) is 5.10 Å². The molecule has 1 aliphatic heterocycles. The van der Waals surface area contributed by atoms with Crippen molar-refractivity contribution < 1.29 is 4.74 Å². The minimum absolute atomic E-state index is 0.225. The Kier molecular flexibility index (Phi) is 3.58. The maximum atomic E-state index is 6.22. The van der Waals surface area contributed by atoms with Crippen LogP contribution in [0.15, 0.2) is 18.2 Å². The average molecular weight is 294 g/mol. The van der Waals surface area contributed by atoms with Gasteiger partial charge in [0, 0.05) is 23.8 Å². The largest absolute Gasteiger partial charge is 0.399 e. The fraction of sp³-hybridized carbons (Fsp3) is 0.462. The van der Waals surface area contributed by atoms with Gasteiger partial charge in [-0.2, -0.15) is 0 Å². The average Bonchev–Trinajstić information content (AvgIpc) is 3.03. The lowest BCUT2D eigenvalue weighted by molar-refractivity contribution is 0.101. The van der Waals surface area contributed by atoms with Gasteiger partial charge in [-0.05, 0) is 42.0 Å². The van der Waals surface area contributed by atoms with E-state index in [2.05, 4.69) is 22.4 Å². The molecule has 1 saturated heterocycles. The molecular formula is C13H16ClN5O. The zero-order valence-electron chi connectivity index (χ0n) is 11.2. The van der Waals surface area contributed by atoms with E-state index in [0.717, 1.165) is 18.6 Å². The number of rotatable bonds is 3. The Morgan fingerprint density at radius 1 is 1.50 bits per heavy atom. The van der Waals surface area contributed by atoms with E-state index in [1.807, 2.05) is 0 Å². The monoisotopic (exact) mass is 293 g/mol. The molecule has 2 unspecified atom stereocenters. The highest BCUT2D eigenvalue weighted by molar-refractivity contribution is 6.33. The Bertz CT molecular complexity index is 615. The third-order valence-electron chi connectivity index (χ3n) is 3.70. The molecule has 0 aliphatic carbocycles. The molecule has 0 spiro atoms. The number of nitrogens with zero attached hydrogens (tertiary/aromatic N) is 4. The van der Waals surface area contributed by atoms with Crippen molar-refractivity contribution in [2.24, 2.45) is 5.92 Å². The van der Waals surface area contributed by atoms with Crippen molar-refractivity contribution in [3.05, 3.63) is 23.2 Å². The lowest BCUT2D eigenvalue weighted by atomic mass is 10.0. The van der Waals surface area contributed by atoms with Gasteiger partial charge in [0.1, 0.15) is 0 Å². The van der Waals surface area contributed by atoms with Gasteiger partial charge in [-0.3, -0.25) is 0 Å². The molecule has 2 aromatic rings. The quantitative estimate of drug-likeness (QED) is 0.876. The summed E-state index contributed by atoms with van der Waals surface area (Å²) in [4.78, 5) is 0. The highest BCUT2D eigenvalue weighted by atomic mass is 35.5. The fourth-order valence-corrected chi connectivity index (χ4v) is 2.67. The molecule has 0 saturated carbocycles. The van der Waals surface area contributed by atoms with Gasteiger partial charge in [0.2, 0.25) is 0 Å². The van der Waals surface area contributed by atoms with Gasteiger partial charge in [0.25, 0.3) is 0 Å². The summed E-state index contributed by atoms with van der Waals surface area (Å²) in [6, 6.07) is 5.30. The second-order valence-electron chi connectivity index (χ2n) is 5.05. The SMILES string of the molecule is CC1OCCC1Cn1nnnc1-c1cc(N)ccc1Cl. The molecule has 2 heterocycles. The standard InChI is InChI=1S/C13H16ClN5O/c1-8-9(4-5-20-8)7-19-13(16-17-18-19)11-6-10(15)2-3-12(11)14/h2-3,6,8-9H,4-5,7,15H2,1H3. The molecule has 0 bridgehead atoms. The summed E-state index contributed by atoms with van der Waals surface area (Å²) in [6.45, 7) is 3.59. The molecule has 2 N–H and O–H groups in total. The number of anilines is 1. The first kappa shape index (κ1) is 13.3. The topological polar surface area (TPSA) is 78.8 Å². The first-order chi connectivity index (χ1) is 9.65. The second-order valence-corrected chi connectivity index (χ2v) is 5.46. The van der Waals surface area contributed by atoms with E-state index in [4.69, 9.17) is 22.1 Å². The maximum absolute atomic E-state index is 6.22. The number of halogens is 1. The van der Waals surface area contributed by atoms with Crippen LogP contribution in [-0.2, 0) is 11.3 Å². The summed E-state index contributed by atoms with van der Waals surface area (Å²) >= 11 is 6.22. The molecule has 7 heteroatoms. The lowest BCUT2D eigenvalue weighted by Gasteiger charge is -2.14. The first-order valence-corrected chi connectivity index (χ1v) is 6.96. The van der Waals surface area contributed by atoms with Crippen LogP contribution >= 0.6 is 11.6 Å². The summed E-state index contributed by atoms with van der Waals surface area (Å²) in [7, 11) is 0. The third-order valence-corrected chi connectivity index (χ3v) is 4.03. The number of hydrogen-bond acceptors (Lipinski definition) is 5. The molecule has 1 aromatic heterocycles. The van der Waals surface area contributed by atoms with Crippen molar-refractivity contribution in [3.63, 3.8) is 0 Å². The summed E-state index contributed by atoms with van der Waals surface area (Å²) in [5.74, 6) is 1.05. The van der Waals surface area contributed by atoms with Crippen LogP contribution in [0.4, 0.5) is 5.69 Å². The van der Waals surface area contributed by atoms with Crippen LogP contribution in [0.25, 0.3) is 11.4 Å². The summed E-state index contributed by atoms with van der Waals surface area (Å²) in [5, 5.41) is 12.5.